The van der Waals surface area contributed by atoms with Crippen molar-refractivity contribution in [2.45, 2.75) is 19.3 Å². The summed E-state index contributed by atoms with van der Waals surface area (Å²) in [5, 5.41) is 0. The van der Waals surface area contributed by atoms with E-state index in [9.17, 15) is 9.18 Å². The Hall–Kier alpha value is -0.700. The molecule has 14 heavy (non-hydrogen) atoms. The Kier molecular flexibility index (Phi) is 2.68. The maximum absolute atomic E-state index is 13.2. The summed E-state index contributed by atoms with van der Waals surface area (Å²) in [6, 6.07) is 4.70. The highest BCUT2D eigenvalue weighted by atomic mass is 79.9. The predicted molar refractivity (Wildman–Crippen MR) is 55.5 cm³/mol. The summed E-state index contributed by atoms with van der Waals surface area (Å²) < 4.78 is 14.1. The molecule has 0 radical (unpaired) electrons. The van der Waals surface area contributed by atoms with E-state index in [4.69, 9.17) is 0 Å². The number of rotatable bonds is 3. The van der Waals surface area contributed by atoms with Crippen LogP contribution in [0.15, 0.2) is 22.7 Å². The van der Waals surface area contributed by atoms with Crippen molar-refractivity contribution in [3.8, 4) is 0 Å². The molecular weight excluding hydrogens is 247 g/mol. The number of carbonyl (C=O) groups excluding carboxylic acids is 1. The third kappa shape index (κ3) is 2.21. The molecule has 1 fully saturated rings. The Labute approximate surface area is 90.4 Å². The zero-order valence-corrected chi connectivity index (χ0v) is 9.18. The van der Waals surface area contributed by atoms with E-state index in [2.05, 4.69) is 15.9 Å². The topological polar surface area (TPSA) is 17.1 Å². The number of Topliss-reactive ketones (excluding diaryl/α,β-unsaturated/α-hetero) is 1. The molecule has 0 aromatic heterocycles. The normalized spacial score (nSPS) is 15.6. The van der Waals surface area contributed by atoms with Crippen molar-refractivity contribution in [1.82, 2.24) is 0 Å². The Bertz CT molecular complexity index is 372. The van der Waals surface area contributed by atoms with Crippen molar-refractivity contribution < 1.29 is 9.18 Å². The average molecular weight is 257 g/mol. The van der Waals surface area contributed by atoms with E-state index in [1.54, 1.807) is 12.1 Å². The molecule has 0 bridgehead atoms. The van der Waals surface area contributed by atoms with Crippen LogP contribution in [0.5, 0.6) is 0 Å². The molecule has 0 unspecified atom stereocenters. The maximum Gasteiger partial charge on any atom is 0.140 e. The molecular formula is C11H10BrFO. The number of halogens is 2. The molecule has 74 valence electrons. The standard InChI is InChI=1S/C11H10BrFO/c12-9-3-4-10(13)8(5-9)6-11(14)7-1-2-7/h3-5,7H,1-2,6H2. The van der Waals surface area contributed by atoms with Crippen molar-refractivity contribution in [3.63, 3.8) is 0 Å². The van der Waals surface area contributed by atoms with Gasteiger partial charge in [0.15, 0.2) is 0 Å². The molecule has 2 rings (SSSR count). The highest BCUT2D eigenvalue weighted by Gasteiger charge is 2.29. The van der Waals surface area contributed by atoms with E-state index in [0.717, 1.165) is 17.3 Å². The Morgan fingerprint density at radius 3 is 2.86 bits per heavy atom. The van der Waals surface area contributed by atoms with Gasteiger partial charge in [-0.3, -0.25) is 4.79 Å². The number of benzene rings is 1. The van der Waals surface area contributed by atoms with Crippen LogP contribution in [-0.4, -0.2) is 5.78 Å². The molecule has 0 atom stereocenters. The van der Waals surface area contributed by atoms with Crippen LogP contribution in [0.25, 0.3) is 0 Å². The van der Waals surface area contributed by atoms with Crippen LogP contribution in [0.3, 0.4) is 0 Å². The van der Waals surface area contributed by atoms with Gasteiger partial charge in [0.25, 0.3) is 0 Å². The van der Waals surface area contributed by atoms with Gasteiger partial charge in [0.1, 0.15) is 11.6 Å². The van der Waals surface area contributed by atoms with Crippen molar-refractivity contribution in [2.75, 3.05) is 0 Å². The van der Waals surface area contributed by atoms with Crippen LogP contribution >= 0.6 is 15.9 Å². The zero-order valence-electron chi connectivity index (χ0n) is 7.59. The summed E-state index contributed by atoms with van der Waals surface area (Å²) in [6.07, 6.45) is 2.19. The Morgan fingerprint density at radius 1 is 1.50 bits per heavy atom. The molecule has 1 aromatic rings. The molecule has 0 heterocycles. The molecule has 1 aliphatic rings. The number of hydrogen-bond donors (Lipinski definition) is 0. The smallest absolute Gasteiger partial charge is 0.140 e. The molecule has 1 nitrogen and oxygen atoms in total. The summed E-state index contributed by atoms with van der Waals surface area (Å²) in [6.45, 7) is 0. The first-order valence-corrected chi connectivity index (χ1v) is 5.43. The van der Waals surface area contributed by atoms with Gasteiger partial charge >= 0.3 is 0 Å². The van der Waals surface area contributed by atoms with Crippen LogP contribution in [0.2, 0.25) is 0 Å². The van der Waals surface area contributed by atoms with Crippen molar-refractivity contribution in [3.05, 3.63) is 34.1 Å². The second-order valence-corrected chi connectivity index (χ2v) is 4.57. The van der Waals surface area contributed by atoms with Gasteiger partial charge in [-0.2, -0.15) is 0 Å². The lowest BCUT2D eigenvalue weighted by atomic mass is 10.1. The summed E-state index contributed by atoms with van der Waals surface area (Å²) in [7, 11) is 0. The SMILES string of the molecule is O=C(Cc1cc(Br)ccc1F)C1CC1. The van der Waals surface area contributed by atoms with Gasteiger partial charge in [0, 0.05) is 16.8 Å². The van der Waals surface area contributed by atoms with Crippen LogP contribution < -0.4 is 0 Å². The lowest BCUT2D eigenvalue weighted by molar-refractivity contribution is -0.119. The fourth-order valence-corrected chi connectivity index (χ4v) is 1.82. The molecule has 1 aliphatic carbocycles. The van der Waals surface area contributed by atoms with Gasteiger partial charge < -0.3 is 0 Å². The third-order valence-electron chi connectivity index (χ3n) is 2.41. The largest absolute Gasteiger partial charge is 0.299 e. The maximum atomic E-state index is 13.2. The van der Waals surface area contributed by atoms with Gasteiger partial charge in [0.2, 0.25) is 0 Å². The molecule has 3 heteroatoms. The van der Waals surface area contributed by atoms with E-state index < -0.39 is 0 Å². The van der Waals surface area contributed by atoms with Gasteiger partial charge in [-0.05, 0) is 36.6 Å². The number of ketones is 1. The van der Waals surface area contributed by atoms with Crippen LogP contribution in [0.4, 0.5) is 4.39 Å². The molecule has 1 saturated carbocycles. The molecule has 0 spiro atoms. The number of hydrogen-bond acceptors (Lipinski definition) is 1. The molecule has 0 saturated heterocycles. The molecule has 0 N–H and O–H groups in total. The van der Waals surface area contributed by atoms with Crippen molar-refractivity contribution in [1.29, 1.82) is 0 Å². The van der Waals surface area contributed by atoms with E-state index in [1.807, 2.05) is 0 Å². The monoisotopic (exact) mass is 256 g/mol. The minimum absolute atomic E-state index is 0.169. The first-order valence-electron chi connectivity index (χ1n) is 4.63. The van der Waals surface area contributed by atoms with E-state index >= 15 is 0 Å². The highest BCUT2D eigenvalue weighted by Crippen LogP contribution is 2.31. The Morgan fingerprint density at radius 2 is 2.21 bits per heavy atom. The summed E-state index contributed by atoms with van der Waals surface area (Å²) in [5.41, 5.74) is 0.497. The first-order chi connectivity index (χ1) is 6.66. The van der Waals surface area contributed by atoms with Crippen LogP contribution in [-0.2, 0) is 11.2 Å². The second kappa shape index (κ2) is 3.81. The highest BCUT2D eigenvalue weighted by molar-refractivity contribution is 9.10. The minimum atomic E-state index is -0.290. The quantitative estimate of drug-likeness (QED) is 0.813. The molecule has 0 amide bonds. The van der Waals surface area contributed by atoms with Gasteiger partial charge in [0.05, 0.1) is 0 Å². The third-order valence-corrected chi connectivity index (χ3v) is 2.90. The zero-order chi connectivity index (χ0) is 10.1. The lowest BCUT2D eigenvalue weighted by Gasteiger charge is -2.02. The number of carbonyl (C=O) groups is 1. The molecule has 1 aromatic carbocycles. The lowest BCUT2D eigenvalue weighted by Crippen LogP contribution is -2.06. The second-order valence-electron chi connectivity index (χ2n) is 3.65. The van der Waals surface area contributed by atoms with Gasteiger partial charge in [-0.15, -0.1) is 0 Å². The van der Waals surface area contributed by atoms with Gasteiger partial charge in [-0.1, -0.05) is 15.9 Å². The van der Waals surface area contributed by atoms with Crippen molar-refractivity contribution in [2.24, 2.45) is 5.92 Å². The van der Waals surface area contributed by atoms with Crippen LogP contribution in [0, 0.1) is 11.7 Å². The summed E-state index contributed by atoms with van der Waals surface area (Å²) in [5.74, 6) is 0.0811. The fourth-order valence-electron chi connectivity index (χ4n) is 1.42. The van der Waals surface area contributed by atoms with Gasteiger partial charge in [-0.25, -0.2) is 4.39 Å². The summed E-state index contributed by atoms with van der Waals surface area (Å²) >= 11 is 3.26. The first kappa shape index (κ1) is 9.84. The van der Waals surface area contributed by atoms with Crippen LogP contribution in [0.1, 0.15) is 18.4 Å². The van der Waals surface area contributed by atoms with E-state index in [-0.39, 0.29) is 23.9 Å². The van der Waals surface area contributed by atoms with E-state index in [1.165, 1.54) is 6.07 Å². The summed E-state index contributed by atoms with van der Waals surface area (Å²) in [4.78, 5) is 11.5. The van der Waals surface area contributed by atoms with Crippen molar-refractivity contribution >= 4 is 21.7 Å². The fraction of sp³-hybridized carbons (Fsp3) is 0.364. The minimum Gasteiger partial charge on any atom is -0.299 e. The predicted octanol–water partition coefficient (Wildman–Crippen LogP) is 3.11. The average Bonchev–Trinajstić information content (AvgIpc) is 2.94. The van der Waals surface area contributed by atoms with E-state index in [0.29, 0.717) is 5.56 Å². The molecule has 0 aliphatic heterocycles. The Balaban J connectivity index is 2.14.